The van der Waals surface area contributed by atoms with Crippen molar-refractivity contribution in [2.75, 3.05) is 0 Å². The Morgan fingerprint density at radius 1 is 1.38 bits per heavy atom. The van der Waals surface area contributed by atoms with Crippen LogP contribution in [0.2, 0.25) is 0 Å². The van der Waals surface area contributed by atoms with Crippen LogP contribution in [0.15, 0.2) is 0 Å². The first-order valence-electron chi connectivity index (χ1n) is 12.1. The largest absolute Gasteiger partial charge is 0.325 e. The lowest BCUT2D eigenvalue weighted by Gasteiger charge is -2.61. The van der Waals surface area contributed by atoms with E-state index in [1.54, 1.807) is 0 Å². The van der Waals surface area contributed by atoms with E-state index >= 15 is 0 Å². The monoisotopic (exact) mass is 195 g/mol. The van der Waals surface area contributed by atoms with Gasteiger partial charge in [-0.05, 0) is 55.0 Å². The highest BCUT2D eigenvalue weighted by molar-refractivity contribution is 5.08. The zero-order valence-electron chi connectivity index (χ0n) is 22.9. The molecule has 1 heteroatoms. The van der Waals surface area contributed by atoms with Gasteiger partial charge >= 0.3 is 0 Å². The summed E-state index contributed by atoms with van der Waals surface area (Å²) in [6, 6.07) is 0. The first-order valence-corrected chi connectivity index (χ1v) is 4.13. The van der Waals surface area contributed by atoms with Gasteiger partial charge in [0.05, 0.1) is 0 Å². The fourth-order valence-electron chi connectivity index (χ4n) is 2.05. The molecule has 0 spiro atoms. The Balaban J connectivity index is 2.65. The average Bonchev–Trinajstić information content (AvgIpc) is 2.49. The van der Waals surface area contributed by atoms with E-state index in [9.17, 15) is 0 Å². The molecule has 6 unspecified atom stereocenters. The summed E-state index contributed by atoms with van der Waals surface area (Å²) in [5.41, 5.74) is 2.60. The van der Waals surface area contributed by atoms with Gasteiger partial charge in [0.1, 0.15) is 0 Å². The van der Waals surface area contributed by atoms with Crippen molar-refractivity contribution in [2.45, 2.75) is 44.8 Å². The molecule has 0 amide bonds. The van der Waals surface area contributed by atoms with Gasteiger partial charge in [0.15, 0.2) is 0 Å². The molecule has 4 fully saturated rings. The first kappa shape index (κ1) is 1.93. The molecule has 4 saturated carbocycles. The minimum atomic E-state index is -3.82. The van der Waals surface area contributed by atoms with Gasteiger partial charge in [-0.3, -0.25) is 0 Å². The van der Waals surface area contributed by atoms with Crippen LogP contribution in [0.4, 0.5) is 0 Å². The molecule has 13 heavy (non-hydrogen) atoms. The van der Waals surface area contributed by atoms with Gasteiger partial charge in [0, 0.05) is 27.5 Å². The summed E-state index contributed by atoms with van der Waals surface area (Å²) in [7, 11) is 0. The van der Waals surface area contributed by atoms with E-state index in [1.807, 2.05) is 0 Å². The molecule has 0 aromatic carbocycles. The maximum atomic E-state index is 8.83. The molecular formula is C12H21N. The second-order valence-electron chi connectivity index (χ2n) is 3.60. The van der Waals surface area contributed by atoms with E-state index < -0.39 is 74.3 Å². The maximum Gasteiger partial charge on any atom is 0.0309 e. The lowest BCUT2D eigenvalue weighted by atomic mass is 9.46. The van der Waals surface area contributed by atoms with Gasteiger partial charge < -0.3 is 5.73 Å². The van der Waals surface area contributed by atoms with E-state index in [1.165, 1.54) is 0 Å². The van der Waals surface area contributed by atoms with Crippen LogP contribution in [0.25, 0.3) is 0 Å². The summed E-state index contributed by atoms with van der Waals surface area (Å²) < 4.78 is 132. The summed E-state index contributed by atoms with van der Waals surface area (Å²) in [6.07, 6.45) is -11.7. The van der Waals surface area contributed by atoms with Crippen molar-refractivity contribution < 1.29 is 21.9 Å². The predicted molar refractivity (Wildman–Crippen MR) is 54.2 cm³/mol. The molecule has 0 aliphatic heterocycles. The van der Waals surface area contributed by atoms with Gasteiger partial charge in [-0.25, -0.2) is 0 Å². The van der Waals surface area contributed by atoms with Crippen molar-refractivity contribution in [1.82, 2.24) is 0 Å². The Morgan fingerprint density at radius 2 is 2.23 bits per heavy atom. The molecular weight excluding hydrogens is 158 g/mol. The molecule has 6 atom stereocenters. The van der Waals surface area contributed by atoms with E-state index in [2.05, 4.69) is 0 Å². The summed E-state index contributed by atoms with van der Waals surface area (Å²) in [6.45, 7) is -7.39. The summed E-state index contributed by atoms with van der Waals surface area (Å²) in [5.74, 6) is -16.4. The van der Waals surface area contributed by atoms with Gasteiger partial charge in [-0.2, -0.15) is 0 Å². The average molecular weight is 195 g/mol. The molecule has 4 aliphatic carbocycles. The van der Waals surface area contributed by atoms with Crippen LogP contribution in [0.5, 0.6) is 0 Å². The maximum absolute atomic E-state index is 8.83. The highest BCUT2D eigenvalue weighted by atomic mass is 14.8. The highest BCUT2D eigenvalue weighted by Crippen LogP contribution is 2.59. The number of nitrogens with two attached hydrogens (primary N) is 1. The van der Waals surface area contributed by atoms with Crippen molar-refractivity contribution in [3.8, 4) is 0 Å². The quantitative estimate of drug-likeness (QED) is 0.631. The zero-order valence-corrected chi connectivity index (χ0v) is 6.86. The number of hydrogen-bond acceptors (Lipinski definition) is 1. The Hall–Kier alpha value is -0.0400. The fraction of sp³-hybridized carbons (Fsp3) is 1.00. The van der Waals surface area contributed by atoms with Crippen molar-refractivity contribution in [3.05, 3.63) is 0 Å². The second-order valence-corrected chi connectivity index (χ2v) is 3.60. The third-order valence-electron chi connectivity index (χ3n) is 2.65. The third-order valence-corrected chi connectivity index (χ3v) is 2.65. The Labute approximate surface area is 104 Å². The molecule has 0 aromatic rings. The van der Waals surface area contributed by atoms with Crippen LogP contribution in [-0.4, -0.2) is 5.54 Å². The third kappa shape index (κ3) is 0.971. The van der Waals surface area contributed by atoms with Crippen molar-refractivity contribution in [1.29, 1.82) is 0 Å². The molecule has 4 bridgehead atoms. The van der Waals surface area contributed by atoms with Gasteiger partial charge in [0.25, 0.3) is 0 Å². The minimum absolute atomic E-state index is 1.19. The SMILES string of the molecule is [2H]C([2H])([2H])C1([2H])C2CC3([2H])C([2H])([2H])C(N)(C2([2H])[2H])C([2H])([2H])C1([2H])C3([2H])C([2H])([2H])[2H]. The Kier molecular flexibility index (Phi) is 0.343. The zero-order chi connectivity index (χ0) is 23.3. The van der Waals surface area contributed by atoms with Crippen molar-refractivity contribution >= 4 is 0 Å². The molecule has 0 saturated heterocycles. The van der Waals surface area contributed by atoms with E-state index in [0.29, 0.717) is 0 Å². The summed E-state index contributed by atoms with van der Waals surface area (Å²) >= 11 is 0. The van der Waals surface area contributed by atoms with Crippen LogP contribution in [0.1, 0.15) is 61.2 Å². The Bertz CT molecular complexity index is 771. The minimum Gasteiger partial charge on any atom is -0.325 e. The number of rotatable bonds is 0. The molecule has 0 heterocycles. The van der Waals surface area contributed by atoms with Gasteiger partial charge in [0.2, 0.25) is 0 Å². The van der Waals surface area contributed by atoms with E-state index in [0.717, 1.165) is 0 Å². The van der Waals surface area contributed by atoms with Crippen LogP contribution in [0, 0.1) is 29.5 Å². The lowest BCUT2D eigenvalue weighted by molar-refractivity contribution is -0.0841. The van der Waals surface area contributed by atoms with E-state index in [-0.39, 0.29) is 0 Å². The smallest absolute Gasteiger partial charge is 0.0309 e. The molecule has 4 rings (SSSR count). The second kappa shape index (κ2) is 2.31. The standard InChI is InChI=1S/C12H21N/c1-7-9-3-10-5-12(13,4-9)6-11(7)8(10)2/h7-11H,3-6,13H2,1-2H3/i1D3,2D3,4D2,5D2,6D2,7D,8D,9D,11D. The van der Waals surface area contributed by atoms with Crippen molar-refractivity contribution in [2.24, 2.45) is 35.2 Å². The van der Waals surface area contributed by atoms with Crippen LogP contribution in [-0.2, 0) is 0 Å². The molecule has 74 valence electrons. The van der Waals surface area contributed by atoms with Crippen LogP contribution < -0.4 is 5.73 Å². The molecule has 4 aliphatic rings. The molecule has 1 nitrogen and oxygen atoms in total. The molecule has 0 aromatic heterocycles. The van der Waals surface area contributed by atoms with E-state index in [4.69, 9.17) is 27.7 Å². The topological polar surface area (TPSA) is 26.0 Å². The highest BCUT2D eigenvalue weighted by Gasteiger charge is 2.55. The summed E-state index contributed by atoms with van der Waals surface area (Å²) in [4.78, 5) is 0. The predicted octanol–water partition coefficient (Wildman–Crippen LogP) is 2.41. The first-order chi connectivity index (χ1) is 12.3. The number of hydrogen-bond donors (Lipinski definition) is 1. The molecule has 2 N–H and O–H groups in total. The lowest BCUT2D eigenvalue weighted by Crippen LogP contribution is -2.61. The van der Waals surface area contributed by atoms with Crippen LogP contribution in [0.3, 0.4) is 0 Å². The van der Waals surface area contributed by atoms with Gasteiger partial charge in [-0.1, -0.05) is 13.7 Å². The van der Waals surface area contributed by atoms with Crippen molar-refractivity contribution in [3.63, 3.8) is 0 Å². The summed E-state index contributed by atoms with van der Waals surface area (Å²) in [5, 5.41) is 0. The normalized spacial score (nSPS) is 119. The molecule has 0 radical (unpaired) electrons. The van der Waals surface area contributed by atoms with Gasteiger partial charge in [-0.15, -0.1) is 0 Å². The Morgan fingerprint density at radius 3 is 3.00 bits per heavy atom. The fourth-order valence-corrected chi connectivity index (χ4v) is 2.05. The van der Waals surface area contributed by atoms with Crippen LogP contribution >= 0.6 is 0 Å².